The zero-order valence-corrected chi connectivity index (χ0v) is 11.4. The summed E-state index contributed by atoms with van der Waals surface area (Å²) in [4.78, 5) is 13.5. The smallest absolute Gasteiger partial charge is 0.165 e. The summed E-state index contributed by atoms with van der Waals surface area (Å²) in [6, 6.07) is 6.24. The van der Waals surface area contributed by atoms with Crippen LogP contribution in [0.4, 0.5) is 5.82 Å². The van der Waals surface area contributed by atoms with Gasteiger partial charge in [0.25, 0.3) is 0 Å². The number of aromatic nitrogens is 3. The largest absolute Gasteiger partial charge is 0.383 e. The Morgan fingerprint density at radius 3 is 2.47 bits per heavy atom. The van der Waals surface area contributed by atoms with Crippen molar-refractivity contribution in [2.24, 2.45) is 0 Å². The molecule has 0 aliphatic rings. The molecule has 0 amide bonds. The molecule has 0 aliphatic heterocycles. The lowest BCUT2D eigenvalue weighted by Gasteiger charge is -2.08. The van der Waals surface area contributed by atoms with E-state index < -0.39 is 0 Å². The molecule has 19 heavy (non-hydrogen) atoms. The molecule has 0 saturated heterocycles. The van der Waals surface area contributed by atoms with Crippen molar-refractivity contribution >= 4 is 27.8 Å². The molecule has 1 aromatic carbocycles. The second kappa shape index (κ2) is 4.16. The summed E-state index contributed by atoms with van der Waals surface area (Å²) in [5, 5.41) is 1.95. The maximum absolute atomic E-state index is 6.02. The first-order valence-electron chi connectivity index (χ1n) is 6.43. The van der Waals surface area contributed by atoms with Crippen LogP contribution < -0.4 is 5.73 Å². The highest BCUT2D eigenvalue weighted by Crippen LogP contribution is 2.26. The quantitative estimate of drug-likeness (QED) is 0.676. The molecular weight excluding hydrogens is 236 g/mol. The molecule has 4 heteroatoms. The summed E-state index contributed by atoms with van der Waals surface area (Å²) < 4.78 is 0. The minimum Gasteiger partial charge on any atom is -0.383 e. The second-order valence-corrected chi connectivity index (χ2v) is 4.83. The monoisotopic (exact) mass is 252 g/mol. The van der Waals surface area contributed by atoms with Crippen LogP contribution in [0.5, 0.6) is 0 Å². The Kier molecular flexibility index (Phi) is 2.59. The minimum atomic E-state index is 0.511. The Balaban J connectivity index is 2.48. The zero-order chi connectivity index (χ0) is 13.6. The molecule has 0 fully saturated rings. The van der Waals surface area contributed by atoms with Gasteiger partial charge in [-0.05, 0) is 31.0 Å². The molecule has 3 rings (SSSR count). The number of nitrogens with two attached hydrogens (primary N) is 1. The normalized spacial score (nSPS) is 11.3. The van der Waals surface area contributed by atoms with Gasteiger partial charge in [0.2, 0.25) is 0 Å². The van der Waals surface area contributed by atoms with Crippen molar-refractivity contribution in [1.82, 2.24) is 15.0 Å². The van der Waals surface area contributed by atoms with Crippen molar-refractivity contribution < 1.29 is 0 Å². The third-order valence-corrected chi connectivity index (χ3v) is 3.46. The van der Waals surface area contributed by atoms with E-state index in [1.165, 1.54) is 5.56 Å². The number of nitrogens with zero attached hydrogens (tertiary/aromatic N) is 3. The Labute approximate surface area is 111 Å². The van der Waals surface area contributed by atoms with Gasteiger partial charge in [0.05, 0.1) is 10.9 Å². The van der Waals surface area contributed by atoms with Crippen LogP contribution in [0.1, 0.15) is 23.9 Å². The maximum atomic E-state index is 6.02. The van der Waals surface area contributed by atoms with Crippen LogP contribution in [0.2, 0.25) is 0 Å². The molecule has 0 saturated carbocycles. The molecule has 0 spiro atoms. The summed E-state index contributed by atoms with van der Waals surface area (Å²) in [7, 11) is 0. The van der Waals surface area contributed by atoms with E-state index in [1.807, 2.05) is 6.92 Å². The van der Waals surface area contributed by atoms with Crippen LogP contribution in [-0.4, -0.2) is 15.0 Å². The van der Waals surface area contributed by atoms with E-state index in [0.29, 0.717) is 11.5 Å². The fourth-order valence-electron chi connectivity index (χ4n) is 2.30. The Morgan fingerprint density at radius 2 is 1.74 bits per heavy atom. The number of hydrogen-bond acceptors (Lipinski definition) is 4. The van der Waals surface area contributed by atoms with Crippen LogP contribution in [0, 0.1) is 13.8 Å². The molecule has 0 aliphatic carbocycles. The third-order valence-electron chi connectivity index (χ3n) is 3.46. The van der Waals surface area contributed by atoms with Gasteiger partial charge in [-0.1, -0.05) is 19.1 Å². The SMILES string of the molecule is CCc1nc(N)c2cc3c(C)ccc(C)c3nc2n1. The highest BCUT2D eigenvalue weighted by molar-refractivity contribution is 5.98. The molecule has 96 valence electrons. The predicted molar refractivity (Wildman–Crippen MR) is 78.1 cm³/mol. The average molecular weight is 252 g/mol. The minimum absolute atomic E-state index is 0.511. The van der Waals surface area contributed by atoms with Gasteiger partial charge < -0.3 is 5.73 Å². The topological polar surface area (TPSA) is 64.7 Å². The first kappa shape index (κ1) is 11.8. The molecule has 2 aromatic heterocycles. The van der Waals surface area contributed by atoms with Gasteiger partial charge in [0.1, 0.15) is 11.6 Å². The lowest BCUT2D eigenvalue weighted by Crippen LogP contribution is -2.02. The van der Waals surface area contributed by atoms with Gasteiger partial charge in [0.15, 0.2) is 5.65 Å². The number of hydrogen-bond donors (Lipinski definition) is 1. The summed E-state index contributed by atoms with van der Waals surface area (Å²) in [5.41, 5.74) is 10.0. The fourth-order valence-corrected chi connectivity index (χ4v) is 2.30. The number of nitrogen functional groups attached to an aromatic ring is 1. The standard InChI is InChI=1S/C15H16N4/c1-4-12-17-14(16)11-7-10-8(2)5-6-9(3)13(10)19-15(11)18-12/h5-7H,4H2,1-3H3,(H2,16,17,18,19). The lowest BCUT2D eigenvalue weighted by atomic mass is 10.0. The number of fused-ring (bicyclic) bond motifs is 2. The maximum Gasteiger partial charge on any atom is 0.165 e. The van der Waals surface area contributed by atoms with Crippen LogP contribution in [0.3, 0.4) is 0 Å². The van der Waals surface area contributed by atoms with Crippen LogP contribution in [0.15, 0.2) is 18.2 Å². The van der Waals surface area contributed by atoms with E-state index in [9.17, 15) is 0 Å². The number of anilines is 1. The van der Waals surface area contributed by atoms with E-state index in [2.05, 4.69) is 47.0 Å². The van der Waals surface area contributed by atoms with Crippen LogP contribution >= 0.6 is 0 Å². The van der Waals surface area contributed by atoms with Crippen LogP contribution in [-0.2, 0) is 6.42 Å². The summed E-state index contributed by atoms with van der Waals surface area (Å²) in [5.74, 6) is 1.25. The molecule has 0 atom stereocenters. The van der Waals surface area contributed by atoms with Gasteiger partial charge >= 0.3 is 0 Å². The molecular formula is C15H16N4. The van der Waals surface area contributed by atoms with Crippen molar-refractivity contribution in [1.29, 1.82) is 0 Å². The highest BCUT2D eigenvalue weighted by atomic mass is 15.0. The van der Waals surface area contributed by atoms with Crippen molar-refractivity contribution in [3.63, 3.8) is 0 Å². The van der Waals surface area contributed by atoms with Gasteiger partial charge in [-0.15, -0.1) is 0 Å². The van der Waals surface area contributed by atoms with Gasteiger partial charge in [-0.3, -0.25) is 0 Å². The third kappa shape index (κ3) is 1.80. The van der Waals surface area contributed by atoms with Crippen LogP contribution in [0.25, 0.3) is 21.9 Å². The Bertz CT molecular complexity index is 793. The van der Waals surface area contributed by atoms with E-state index in [0.717, 1.165) is 34.1 Å². The fraction of sp³-hybridized carbons (Fsp3) is 0.267. The van der Waals surface area contributed by atoms with Crippen molar-refractivity contribution in [2.75, 3.05) is 5.73 Å². The second-order valence-electron chi connectivity index (χ2n) is 4.83. The van der Waals surface area contributed by atoms with E-state index >= 15 is 0 Å². The number of pyridine rings is 1. The van der Waals surface area contributed by atoms with E-state index in [4.69, 9.17) is 5.73 Å². The summed E-state index contributed by atoms with van der Waals surface area (Å²) >= 11 is 0. The van der Waals surface area contributed by atoms with Gasteiger partial charge in [-0.25, -0.2) is 15.0 Å². The van der Waals surface area contributed by atoms with Gasteiger partial charge in [0, 0.05) is 11.8 Å². The number of rotatable bonds is 1. The lowest BCUT2D eigenvalue weighted by molar-refractivity contribution is 0.959. The summed E-state index contributed by atoms with van der Waals surface area (Å²) in [6.45, 7) is 6.15. The van der Waals surface area contributed by atoms with E-state index in [-0.39, 0.29) is 0 Å². The molecule has 0 radical (unpaired) electrons. The van der Waals surface area contributed by atoms with Gasteiger partial charge in [-0.2, -0.15) is 0 Å². The van der Waals surface area contributed by atoms with Crippen molar-refractivity contribution in [2.45, 2.75) is 27.2 Å². The van der Waals surface area contributed by atoms with Crippen molar-refractivity contribution in [3.05, 3.63) is 35.2 Å². The molecule has 0 bridgehead atoms. The molecule has 4 nitrogen and oxygen atoms in total. The van der Waals surface area contributed by atoms with E-state index in [1.54, 1.807) is 0 Å². The number of benzene rings is 1. The highest BCUT2D eigenvalue weighted by Gasteiger charge is 2.10. The first-order valence-corrected chi connectivity index (χ1v) is 6.43. The Hall–Kier alpha value is -2.23. The molecule has 0 unspecified atom stereocenters. The molecule has 2 N–H and O–H groups in total. The summed E-state index contributed by atoms with van der Waals surface area (Å²) in [6.07, 6.45) is 0.757. The Morgan fingerprint density at radius 1 is 1.00 bits per heavy atom. The average Bonchev–Trinajstić information content (AvgIpc) is 2.41. The molecule has 2 heterocycles. The number of aryl methyl sites for hydroxylation is 3. The predicted octanol–water partition coefficient (Wildman–Crippen LogP) is 2.94. The zero-order valence-electron chi connectivity index (χ0n) is 11.4. The molecule has 3 aromatic rings. The first-order chi connectivity index (χ1) is 9.10. The van der Waals surface area contributed by atoms with Crippen molar-refractivity contribution in [3.8, 4) is 0 Å².